The molecule has 1 aromatic carbocycles. The molecule has 3 nitrogen and oxygen atoms in total. The molecule has 20 heavy (non-hydrogen) atoms. The lowest BCUT2D eigenvalue weighted by molar-refractivity contribution is 0.0748. The van der Waals surface area contributed by atoms with E-state index in [0.29, 0.717) is 5.76 Å². The molecule has 0 spiro atoms. The first kappa shape index (κ1) is 13.2. The Kier molecular flexibility index (Phi) is 2.89. The van der Waals surface area contributed by atoms with Crippen molar-refractivity contribution in [2.45, 2.75) is 34.1 Å². The number of carbonyl (C=O) groups excluding carboxylic acids is 1. The summed E-state index contributed by atoms with van der Waals surface area (Å²) in [7, 11) is 0. The minimum Gasteiger partial charge on any atom is -0.450 e. The van der Waals surface area contributed by atoms with Crippen molar-refractivity contribution < 1.29 is 9.21 Å². The zero-order valence-electron chi connectivity index (χ0n) is 12.6. The van der Waals surface area contributed by atoms with E-state index >= 15 is 0 Å². The maximum absolute atomic E-state index is 12.7. The van der Waals surface area contributed by atoms with E-state index in [0.717, 1.165) is 41.6 Å². The zero-order valence-corrected chi connectivity index (χ0v) is 12.6. The van der Waals surface area contributed by atoms with E-state index in [4.69, 9.17) is 4.42 Å². The van der Waals surface area contributed by atoms with Crippen molar-refractivity contribution in [1.82, 2.24) is 4.90 Å². The maximum Gasteiger partial charge on any atom is 0.289 e. The molecule has 1 amide bonds. The Morgan fingerprint density at radius 2 is 2.05 bits per heavy atom. The summed E-state index contributed by atoms with van der Waals surface area (Å²) in [6.45, 7) is 10.0. The highest BCUT2D eigenvalue weighted by Gasteiger charge is 2.34. The number of nitrogens with zero attached hydrogens (tertiary/aromatic N) is 1. The number of benzene rings is 1. The standard InChI is InChI=1S/C17H21NO2/c1-11-6-5-7-13-12(2)15(20-14(11)13)16(19)18-9-8-17(3,4)10-18/h5-7H,8-10H2,1-4H3. The summed E-state index contributed by atoms with van der Waals surface area (Å²) in [6, 6.07) is 6.04. The van der Waals surface area contributed by atoms with E-state index in [-0.39, 0.29) is 11.3 Å². The van der Waals surface area contributed by atoms with Crippen molar-refractivity contribution in [3.8, 4) is 0 Å². The van der Waals surface area contributed by atoms with Crippen molar-refractivity contribution in [2.75, 3.05) is 13.1 Å². The minimum atomic E-state index is 0.0312. The van der Waals surface area contributed by atoms with Gasteiger partial charge in [-0.3, -0.25) is 4.79 Å². The highest BCUT2D eigenvalue weighted by Crippen LogP contribution is 2.33. The Labute approximate surface area is 119 Å². The quantitative estimate of drug-likeness (QED) is 0.787. The number of likely N-dealkylation sites (tertiary alicyclic amines) is 1. The van der Waals surface area contributed by atoms with Gasteiger partial charge in [-0.2, -0.15) is 0 Å². The van der Waals surface area contributed by atoms with Crippen LogP contribution in [0.5, 0.6) is 0 Å². The van der Waals surface area contributed by atoms with Crippen LogP contribution in [0.2, 0.25) is 0 Å². The van der Waals surface area contributed by atoms with Gasteiger partial charge in [0, 0.05) is 24.0 Å². The molecule has 1 aliphatic heterocycles. The number of furan rings is 1. The van der Waals surface area contributed by atoms with E-state index < -0.39 is 0 Å². The van der Waals surface area contributed by atoms with Crippen LogP contribution in [-0.4, -0.2) is 23.9 Å². The second-order valence-electron chi connectivity index (χ2n) is 6.65. The number of hydrogen-bond donors (Lipinski definition) is 0. The summed E-state index contributed by atoms with van der Waals surface area (Å²) in [5, 5.41) is 1.05. The zero-order chi connectivity index (χ0) is 14.5. The third kappa shape index (κ3) is 2.01. The number of amides is 1. The molecule has 0 atom stereocenters. The van der Waals surface area contributed by atoms with Gasteiger partial charge >= 0.3 is 0 Å². The molecule has 1 aliphatic rings. The molecule has 3 heteroatoms. The molecule has 1 fully saturated rings. The van der Waals surface area contributed by atoms with Gasteiger partial charge in [0.15, 0.2) is 5.76 Å². The molecule has 0 bridgehead atoms. The van der Waals surface area contributed by atoms with Crippen LogP contribution >= 0.6 is 0 Å². The smallest absolute Gasteiger partial charge is 0.289 e. The van der Waals surface area contributed by atoms with Crippen molar-refractivity contribution in [2.24, 2.45) is 5.41 Å². The van der Waals surface area contributed by atoms with Gasteiger partial charge in [-0.1, -0.05) is 32.0 Å². The Morgan fingerprint density at radius 1 is 1.30 bits per heavy atom. The number of fused-ring (bicyclic) bond motifs is 1. The van der Waals surface area contributed by atoms with Crippen LogP contribution in [0.3, 0.4) is 0 Å². The summed E-state index contributed by atoms with van der Waals surface area (Å²) in [6.07, 6.45) is 1.05. The summed E-state index contributed by atoms with van der Waals surface area (Å²) in [5.74, 6) is 0.538. The topological polar surface area (TPSA) is 33.5 Å². The molecule has 0 saturated carbocycles. The van der Waals surface area contributed by atoms with Crippen LogP contribution in [0.1, 0.15) is 41.9 Å². The number of hydrogen-bond acceptors (Lipinski definition) is 2. The number of carbonyl (C=O) groups is 1. The molecule has 0 unspecified atom stereocenters. The van der Waals surface area contributed by atoms with Crippen molar-refractivity contribution in [3.05, 3.63) is 35.1 Å². The molecular formula is C17H21NO2. The Bertz CT molecular complexity index is 682. The number of rotatable bonds is 1. The fourth-order valence-electron chi connectivity index (χ4n) is 3.02. The lowest BCUT2D eigenvalue weighted by Gasteiger charge is -2.19. The van der Waals surface area contributed by atoms with Gasteiger partial charge in [-0.15, -0.1) is 0 Å². The number of aryl methyl sites for hydroxylation is 2. The lowest BCUT2D eigenvalue weighted by atomic mass is 9.93. The van der Waals surface area contributed by atoms with Crippen LogP contribution in [0.15, 0.2) is 22.6 Å². The summed E-state index contributed by atoms with van der Waals surface area (Å²) in [5.41, 5.74) is 3.09. The summed E-state index contributed by atoms with van der Waals surface area (Å²) >= 11 is 0. The maximum atomic E-state index is 12.7. The molecule has 0 radical (unpaired) electrons. The van der Waals surface area contributed by atoms with E-state index in [1.807, 2.05) is 36.9 Å². The third-order valence-electron chi connectivity index (χ3n) is 4.32. The molecule has 106 valence electrons. The van der Waals surface area contributed by atoms with Crippen molar-refractivity contribution in [3.63, 3.8) is 0 Å². The third-order valence-corrected chi connectivity index (χ3v) is 4.32. The second kappa shape index (κ2) is 4.37. The normalized spacial score (nSPS) is 17.9. The Hall–Kier alpha value is -1.77. The molecule has 2 aromatic rings. The molecule has 3 rings (SSSR count). The van der Waals surface area contributed by atoms with Crippen LogP contribution < -0.4 is 0 Å². The summed E-state index contributed by atoms with van der Waals surface area (Å²) in [4.78, 5) is 14.6. The molecule has 0 N–H and O–H groups in total. The van der Waals surface area contributed by atoms with E-state index in [1.165, 1.54) is 0 Å². The van der Waals surface area contributed by atoms with Gasteiger partial charge in [0.25, 0.3) is 5.91 Å². The van der Waals surface area contributed by atoms with Crippen LogP contribution in [-0.2, 0) is 0 Å². The van der Waals surface area contributed by atoms with E-state index in [1.54, 1.807) is 0 Å². The first-order valence-electron chi connectivity index (χ1n) is 7.17. The highest BCUT2D eigenvalue weighted by molar-refractivity contribution is 5.99. The Morgan fingerprint density at radius 3 is 2.65 bits per heavy atom. The average molecular weight is 271 g/mol. The molecule has 1 aromatic heterocycles. The fourth-order valence-corrected chi connectivity index (χ4v) is 3.02. The predicted molar refractivity (Wildman–Crippen MR) is 80.0 cm³/mol. The number of para-hydroxylation sites is 1. The van der Waals surface area contributed by atoms with Crippen molar-refractivity contribution in [1.29, 1.82) is 0 Å². The first-order chi connectivity index (χ1) is 9.39. The average Bonchev–Trinajstić information content (AvgIpc) is 2.91. The van der Waals surface area contributed by atoms with Gasteiger partial charge in [0.2, 0.25) is 0 Å². The summed E-state index contributed by atoms with van der Waals surface area (Å²) < 4.78 is 5.88. The molecule has 1 saturated heterocycles. The molecule has 0 aliphatic carbocycles. The first-order valence-corrected chi connectivity index (χ1v) is 7.17. The molecule has 2 heterocycles. The second-order valence-corrected chi connectivity index (χ2v) is 6.65. The van der Waals surface area contributed by atoms with Gasteiger partial charge in [0.1, 0.15) is 5.58 Å². The molecular weight excluding hydrogens is 250 g/mol. The lowest BCUT2D eigenvalue weighted by Crippen LogP contribution is -2.30. The van der Waals surface area contributed by atoms with Crippen LogP contribution in [0.25, 0.3) is 11.0 Å². The largest absolute Gasteiger partial charge is 0.450 e. The van der Waals surface area contributed by atoms with Gasteiger partial charge in [-0.25, -0.2) is 0 Å². The van der Waals surface area contributed by atoms with Crippen molar-refractivity contribution >= 4 is 16.9 Å². The minimum absolute atomic E-state index is 0.0312. The monoisotopic (exact) mass is 271 g/mol. The van der Waals surface area contributed by atoms with E-state index in [9.17, 15) is 4.79 Å². The fraction of sp³-hybridized carbons (Fsp3) is 0.471. The van der Waals surface area contributed by atoms with E-state index in [2.05, 4.69) is 13.8 Å². The Balaban J connectivity index is 2.01. The SMILES string of the molecule is Cc1c(C(=O)N2CCC(C)(C)C2)oc2c(C)cccc12. The van der Waals surface area contributed by atoms with Crippen LogP contribution in [0.4, 0.5) is 0 Å². The van der Waals surface area contributed by atoms with Gasteiger partial charge < -0.3 is 9.32 Å². The van der Waals surface area contributed by atoms with Gasteiger partial charge in [-0.05, 0) is 31.2 Å². The van der Waals surface area contributed by atoms with Gasteiger partial charge in [0.05, 0.1) is 0 Å². The van der Waals surface area contributed by atoms with Crippen LogP contribution in [0, 0.1) is 19.3 Å². The predicted octanol–water partition coefficient (Wildman–Crippen LogP) is 3.92. The highest BCUT2D eigenvalue weighted by atomic mass is 16.3.